The monoisotopic (exact) mass is 302 g/mol. The Labute approximate surface area is 124 Å². The van der Waals surface area contributed by atoms with Crippen LogP contribution in [0.2, 0.25) is 5.15 Å². The molecule has 1 aromatic carbocycles. The van der Waals surface area contributed by atoms with Crippen LogP contribution in [-0.4, -0.2) is 25.8 Å². The van der Waals surface area contributed by atoms with Gasteiger partial charge in [-0.25, -0.2) is 4.98 Å². The maximum absolute atomic E-state index is 12.2. The van der Waals surface area contributed by atoms with Crippen LogP contribution in [0.25, 0.3) is 11.2 Å². The van der Waals surface area contributed by atoms with E-state index in [4.69, 9.17) is 17.3 Å². The molecule has 2 heterocycles. The fraction of sp³-hybridized carbons (Fsp3) is 0.0769. The third kappa shape index (κ3) is 2.50. The highest BCUT2D eigenvalue weighted by molar-refractivity contribution is 6.33. The van der Waals surface area contributed by atoms with E-state index >= 15 is 0 Å². The van der Waals surface area contributed by atoms with Gasteiger partial charge in [0.2, 0.25) is 5.95 Å². The van der Waals surface area contributed by atoms with Crippen LogP contribution in [0.5, 0.6) is 0 Å². The maximum atomic E-state index is 12.2. The lowest BCUT2D eigenvalue weighted by molar-refractivity contribution is 0.102. The predicted octanol–water partition coefficient (Wildman–Crippen LogP) is 2.15. The number of nitrogens with zero attached hydrogens (tertiary/aromatic N) is 3. The maximum Gasteiger partial charge on any atom is 0.260 e. The van der Waals surface area contributed by atoms with Crippen molar-refractivity contribution in [1.82, 2.24) is 19.9 Å². The summed E-state index contributed by atoms with van der Waals surface area (Å²) in [5.41, 5.74) is 8.36. The van der Waals surface area contributed by atoms with Crippen molar-refractivity contribution in [2.75, 3.05) is 11.1 Å². The number of hydrogen-bond acceptors (Lipinski definition) is 5. The van der Waals surface area contributed by atoms with Crippen LogP contribution in [0.15, 0.2) is 24.5 Å². The zero-order valence-electron chi connectivity index (χ0n) is 11.0. The zero-order chi connectivity index (χ0) is 15.0. The first-order valence-corrected chi connectivity index (χ1v) is 6.46. The molecule has 0 saturated carbocycles. The van der Waals surface area contributed by atoms with Gasteiger partial charge in [-0.3, -0.25) is 10.1 Å². The number of aromatic amines is 1. The van der Waals surface area contributed by atoms with Gasteiger partial charge >= 0.3 is 0 Å². The summed E-state index contributed by atoms with van der Waals surface area (Å²) >= 11 is 5.99. The molecule has 0 atom stereocenters. The molecule has 3 aromatic rings. The number of aryl methyl sites for hydroxylation is 1. The van der Waals surface area contributed by atoms with Crippen molar-refractivity contribution in [3.8, 4) is 0 Å². The molecule has 1 amide bonds. The largest absolute Gasteiger partial charge is 0.398 e. The van der Waals surface area contributed by atoms with E-state index in [1.54, 1.807) is 12.1 Å². The lowest BCUT2D eigenvalue weighted by Crippen LogP contribution is -2.16. The van der Waals surface area contributed by atoms with Crippen LogP contribution in [0, 0.1) is 6.92 Å². The van der Waals surface area contributed by atoms with Gasteiger partial charge in [0.25, 0.3) is 5.91 Å². The molecule has 4 N–H and O–H groups in total. The average Bonchev–Trinajstić information content (AvgIpc) is 2.90. The summed E-state index contributed by atoms with van der Waals surface area (Å²) in [6.07, 6.45) is 1.45. The van der Waals surface area contributed by atoms with E-state index in [9.17, 15) is 4.79 Å². The van der Waals surface area contributed by atoms with Crippen molar-refractivity contribution in [1.29, 1.82) is 0 Å². The van der Waals surface area contributed by atoms with Crippen LogP contribution in [-0.2, 0) is 0 Å². The Hall–Kier alpha value is -2.67. The number of anilines is 2. The third-order valence-electron chi connectivity index (χ3n) is 2.92. The normalized spacial score (nSPS) is 10.8. The fourth-order valence-corrected chi connectivity index (χ4v) is 2.11. The number of imidazole rings is 1. The number of amides is 1. The summed E-state index contributed by atoms with van der Waals surface area (Å²) < 4.78 is 0. The Bertz CT molecular complexity index is 844. The van der Waals surface area contributed by atoms with E-state index in [-0.39, 0.29) is 11.1 Å². The second kappa shape index (κ2) is 5.02. The first-order chi connectivity index (χ1) is 10.0. The molecule has 8 heteroatoms. The van der Waals surface area contributed by atoms with Crippen molar-refractivity contribution >= 4 is 40.3 Å². The van der Waals surface area contributed by atoms with Crippen molar-refractivity contribution in [3.63, 3.8) is 0 Å². The Kier molecular flexibility index (Phi) is 3.19. The van der Waals surface area contributed by atoms with E-state index in [0.29, 0.717) is 22.4 Å². The number of nitrogen functional groups attached to an aromatic ring is 1. The highest BCUT2D eigenvalue weighted by Crippen LogP contribution is 2.20. The first kappa shape index (κ1) is 13.3. The van der Waals surface area contributed by atoms with Gasteiger partial charge in [-0.1, -0.05) is 23.2 Å². The van der Waals surface area contributed by atoms with Gasteiger partial charge in [0.15, 0.2) is 10.8 Å². The summed E-state index contributed by atoms with van der Waals surface area (Å²) in [6, 6.07) is 5.20. The molecular formula is C13H11ClN6O. The topological polar surface area (TPSA) is 110 Å². The Morgan fingerprint density at radius 2 is 2.19 bits per heavy atom. The molecule has 0 spiro atoms. The van der Waals surface area contributed by atoms with E-state index in [1.807, 2.05) is 13.0 Å². The number of aromatic nitrogens is 4. The zero-order valence-corrected chi connectivity index (χ0v) is 11.8. The third-order valence-corrected chi connectivity index (χ3v) is 3.19. The predicted molar refractivity (Wildman–Crippen MR) is 80.2 cm³/mol. The lowest BCUT2D eigenvalue weighted by atomic mass is 10.1. The lowest BCUT2D eigenvalue weighted by Gasteiger charge is -2.07. The molecule has 0 aliphatic rings. The van der Waals surface area contributed by atoms with Gasteiger partial charge in [-0.05, 0) is 19.1 Å². The second-order valence-corrected chi connectivity index (χ2v) is 4.84. The minimum Gasteiger partial charge on any atom is -0.398 e. The van der Waals surface area contributed by atoms with Crippen molar-refractivity contribution in [2.45, 2.75) is 6.92 Å². The summed E-state index contributed by atoms with van der Waals surface area (Å²) in [6.45, 7) is 1.87. The van der Waals surface area contributed by atoms with Crippen molar-refractivity contribution in [2.24, 2.45) is 0 Å². The number of H-pyrrole nitrogens is 1. The van der Waals surface area contributed by atoms with E-state index in [0.717, 1.165) is 5.56 Å². The number of halogens is 1. The van der Waals surface area contributed by atoms with Crippen LogP contribution in [0.4, 0.5) is 11.6 Å². The molecule has 7 nitrogen and oxygen atoms in total. The van der Waals surface area contributed by atoms with E-state index in [1.165, 1.54) is 6.33 Å². The summed E-state index contributed by atoms with van der Waals surface area (Å²) in [7, 11) is 0. The molecule has 2 aromatic heterocycles. The Morgan fingerprint density at radius 3 is 3.00 bits per heavy atom. The smallest absolute Gasteiger partial charge is 0.260 e. The van der Waals surface area contributed by atoms with Crippen molar-refractivity contribution in [3.05, 3.63) is 40.8 Å². The fourth-order valence-electron chi connectivity index (χ4n) is 1.89. The van der Waals surface area contributed by atoms with Crippen LogP contribution in [0.1, 0.15) is 15.9 Å². The molecule has 21 heavy (non-hydrogen) atoms. The molecule has 3 rings (SSSR count). The van der Waals surface area contributed by atoms with Crippen LogP contribution >= 0.6 is 11.6 Å². The minimum absolute atomic E-state index is 0.0745. The number of hydrogen-bond donors (Lipinski definition) is 3. The average molecular weight is 303 g/mol. The van der Waals surface area contributed by atoms with Gasteiger partial charge < -0.3 is 10.7 Å². The number of nitrogens with one attached hydrogen (secondary N) is 2. The molecule has 106 valence electrons. The standard InChI is InChI=1S/C13H11ClN6O/c1-6-2-3-8(15)7(4-6)12(21)20-13-18-10(14)9-11(19-13)17-5-16-9/h2-5H,15H2,1H3,(H2,16,17,18,19,20,21). The Morgan fingerprint density at radius 1 is 1.38 bits per heavy atom. The summed E-state index contributed by atoms with van der Waals surface area (Å²) in [4.78, 5) is 27.1. The van der Waals surface area contributed by atoms with Gasteiger partial charge in [0.05, 0.1) is 11.9 Å². The molecule has 0 aliphatic carbocycles. The van der Waals surface area contributed by atoms with Gasteiger partial charge in [-0.15, -0.1) is 0 Å². The second-order valence-electron chi connectivity index (χ2n) is 4.48. The van der Waals surface area contributed by atoms with E-state index in [2.05, 4.69) is 25.3 Å². The van der Waals surface area contributed by atoms with Gasteiger partial charge in [0, 0.05) is 5.69 Å². The Balaban J connectivity index is 1.94. The molecule has 0 fully saturated rings. The number of carbonyl (C=O) groups is 1. The van der Waals surface area contributed by atoms with Gasteiger partial charge in [-0.2, -0.15) is 9.97 Å². The number of benzene rings is 1. The summed E-state index contributed by atoms with van der Waals surface area (Å²) in [5, 5.41) is 2.75. The summed E-state index contributed by atoms with van der Waals surface area (Å²) in [5.74, 6) is -0.326. The minimum atomic E-state index is -0.401. The van der Waals surface area contributed by atoms with Crippen molar-refractivity contribution < 1.29 is 4.79 Å². The quantitative estimate of drug-likeness (QED) is 0.496. The SMILES string of the molecule is Cc1ccc(N)c(C(=O)Nc2nc(Cl)c3[nH]cnc3n2)c1. The molecule has 0 bridgehead atoms. The molecule has 0 radical (unpaired) electrons. The van der Waals surface area contributed by atoms with Crippen LogP contribution in [0.3, 0.4) is 0 Å². The number of rotatable bonds is 2. The first-order valence-electron chi connectivity index (χ1n) is 6.08. The van der Waals surface area contributed by atoms with E-state index < -0.39 is 5.91 Å². The number of carbonyl (C=O) groups excluding carboxylic acids is 1. The molecular weight excluding hydrogens is 292 g/mol. The number of nitrogens with two attached hydrogens (primary N) is 1. The highest BCUT2D eigenvalue weighted by Gasteiger charge is 2.14. The van der Waals surface area contributed by atoms with Crippen LogP contribution < -0.4 is 11.1 Å². The molecule has 0 saturated heterocycles. The number of fused-ring (bicyclic) bond motifs is 1. The molecule has 0 unspecified atom stereocenters. The molecule has 0 aliphatic heterocycles. The van der Waals surface area contributed by atoms with Gasteiger partial charge in [0.1, 0.15) is 5.52 Å². The highest BCUT2D eigenvalue weighted by atomic mass is 35.5.